The highest BCUT2D eigenvalue weighted by Gasteiger charge is 2.35. The molecule has 1 fully saturated rings. The molecule has 1 unspecified atom stereocenters. The number of methoxy groups -OCH3 is 1. The van der Waals surface area contributed by atoms with Crippen LogP contribution in [0.3, 0.4) is 0 Å². The summed E-state index contributed by atoms with van der Waals surface area (Å²) in [5, 5.41) is 13.1. The van der Waals surface area contributed by atoms with E-state index in [4.69, 9.17) is 4.74 Å². The highest BCUT2D eigenvalue weighted by Crippen LogP contribution is 2.36. The van der Waals surface area contributed by atoms with Crippen LogP contribution in [0.5, 0.6) is 5.75 Å². The van der Waals surface area contributed by atoms with Crippen molar-refractivity contribution in [1.29, 1.82) is 0 Å². The van der Waals surface area contributed by atoms with Crippen LogP contribution in [-0.2, 0) is 5.41 Å². The van der Waals surface area contributed by atoms with Crippen LogP contribution in [0.4, 0.5) is 0 Å². The van der Waals surface area contributed by atoms with Gasteiger partial charge in [-0.05, 0) is 25.5 Å². The Balaban J connectivity index is 2.38. The molecule has 1 aliphatic heterocycles. The van der Waals surface area contributed by atoms with Crippen molar-refractivity contribution in [2.75, 3.05) is 26.8 Å². The van der Waals surface area contributed by atoms with Gasteiger partial charge in [-0.1, -0.05) is 18.2 Å². The van der Waals surface area contributed by atoms with Gasteiger partial charge in [-0.3, -0.25) is 0 Å². The molecule has 1 saturated heterocycles. The highest BCUT2D eigenvalue weighted by molar-refractivity contribution is 5.40. The van der Waals surface area contributed by atoms with E-state index in [1.54, 1.807) is 7.11 Å². The van der Waals surface area contributed by atoms with Crippen LogP contribution in [0.1, 0.15) is 18.4 Å². The standard InChI is InChI=1S/C13H19NO2/c1-16-12-6-3-2-5-11(12)13(10-15)7-4-8-14-9-13/h2-3,5-6,14-15H,4,7-10H2,1H3. The molecule has 0 saturated carbocycles. The predicted octanol–water partition coefficient (Wildman–Crippen LogP) is 1.31. The quantitative estimate of drug-likeness (QED) is 0.808. The number of para-hydroxylation sites is 1. The number of ether oxygens (including phenoxy) is 1. The van der Waals surface area contributed by atoms with Gasteiger partial charge in [-0.2, -0.15) is 0 Å². The lowest BCUT2D eigenvalue weighted by Crippen LogP contribution is -2.46. The van der Waals surface area contributed by atoms with Crippen molar-refractivity contribution in [3.63, 3.8) is 0 Å². The molecule has 0 bridgehead atoms. The van der Waals surface area contributed by atoms with E-state index in [9.17, 15) is 5.11 Å². The van der Waals surface area contributed by atoms with Crippen LogP contribution in [-0.4, -0.2) is 31.9 Å². The van der Waals surface area contributed by atoms with Gasteiger partial charge in [-0.15, -0.1) is 0 Å². The molecular formula is C13H19NO2. The van der Waals surface area contributed by atoms with Crippen LogP contribution < -0.4 is 10.1 Å². The van der Waals surface area contributed by atoms with Gasteiger partial charge in [0.25, 0.3) is 0 Å². The Morgan fingerprint density at radius 2 is 2.25 bits per heavy atom. The van der Waals surface area contributed by atoms with Crippen LogP contribution >= 0.6 is 0 Å². The fraction of sp³-hybridized carbons (Fsp3) is 0.538. The van der Waals surface area contributed by atoms with Crippen molar-refractivity contribution in [2.45, 2.75) is 18.3 Å². The van der Waals surface area contributed by atoms with Crippen LogP contribution in [0.25, 0.3) is 0 Å². The molecule has 0 spiro atoms. The number of aliphatic hydroxyl groups excluding tert-OH is 1. The number of rotatable bonds is 3. The fourth-order valence-electron chi connectivity index (χ4n) is 2.50. The van der Waals surface area contributed by atoms with Crippen LogP contribution in [0, 0.1) is 0 Å². The summed E-state index contributed by atoms with van der Waals surface area (Å²) in [5.41, 5.74) is 0.942. The second-order valence-electron chi connectivity index (χ2n) is 4.42. The van der Waals surface area contributed by atoms with Crippen molar-refractivity contribution < 1.29 is 9.84 Å². The third-order valence-electron chi connectivity index (χ3n) is 3.45. The summed E-state index contributed by atoms with van der Waals surface area (Å²) in [6.45, 7) is 2.03. The topological polar surface area (TPSA) is 41.5 Å². The Kier molecular flexibility index (Phi) is 3.46. The minimum absolute atomic E-state index is 0.167. The molecule has 0 aromatic heterocycles. The molecule has 3 heteroatoms. The summed E-state index contributed by atoms with van der Waals surface area (Å²) >= 11 is 0. The van der Waals surface area contributed by atoms with Gasteiger partial charge in [-0.25, -0.2) is 0 Å². The van der Waals surface area contributed by atoms with Crippen molar-refractivity contribution >= 4 is 0 Å². The summed E-state index contributed by atoms with van der Waals surface area (Å²) in [7, 11) is 1.68. The number of nitrogens with one attached hydrogen (secondary N) is 1. The first-order valence-electron chi connectivity index (χ1n) is 5.77. The van der Waals surface area contributed by atoms with Gasteiger partial charge in [0.15, 0.2) is 0 Å². The monoisotopic (exact) mass is 221 g/mol. The number of hydrogen-bond acceptors (Lipinski definition) is 3. The van der Waals surface area contributed by atoms with Crippen LogP contribution in [0.15, 0.2) is 24.3 Å². The van der Waals surface area contributed by atoms with Gasteiger partial charge < -0.3 is 15.2 Å². The highest BCUT2D eigenvalue weighted by atomic mass is 16.5. The molecule has 2 N–H and O–H groups in total. The Hall–Kier alpha value is -1.06. The zero-order chi connectivity index (χ0) is 11.4. The third kappa shape index (κ3) is 1.93. The molecule has 88 valence electrons. The van der Waals surface area contributed by atoms with E-state index in [0.717, 1.165) is 37.2 Å². The molecule has 1 atom stereocenters. The second-order valence-corrected chi connectivity index (χ2v) is 4.42. The maximum absolute atomic E-state index is 9.72. The normalized spacial score (nSPS) is 25.4. The molecule has 0 aliphatic carbocycles. The maximum Gasteiger partial charge on any atom is 0.122 e. The zero-order valence-corrected chi connectivity index (χ0v) is 9.70. The van der Waals surface area contributed by atoms with E-state index < -0.39 is 0 Å². The molecule has 1 heterocycles. The van der Waals surface area contributed by atoms with Crippen molar-refractivity contribution in [3.8, 4) is 5.75 Å². The molecule has 0 radical (unpaired) electrons. The summed E-state index contributed by atoms with van der Waals surface area (Å²) < 4.78 is 5.39. The van der Waals surface area contributed by atoms with E-state index in [2.05, 4.69) is 11.4 Å². The minimum atomic E-state index is -0.176. The molecular weight excluding hydrogens is 202 g/mol. The predicted molar refractivity (Wildman–Crippen MR) is 63.9 cm³/mol. The summed E-state index contributed by atoms with van der Waals surface area (Å²) in [5.74, 6) is 0.875. The Bertz CT molecular complexity index is 346. The molecule has 16 heavy (non-hydrogen) atoms. The summed E-state index contributed by atoms with van der Waals surface area (Å²) in [6, 6.07) is 7.98. The fourth-order valence-corrected chi connectivity index (χ4v) is 2.50. The van der Waals surface area contributed by atoms with Gasteiger partial charge in [0.2, 0.25) is 0 Å². The summed E-state index contributed by atoms with van der Waals surface area (Å²) in [6.07, 6.45) is 2.11. The molecule has 3 nitrogen and oxygen atoms in total. The lowest BCUT2D eigenvalue weighted by Gasteiger charge is -2.37. The van der Waals surface area contributed by atoms with E-state index in [0.29, 0.717) is 0 Å². The Morgan fingerprint density at radius 1 is 1.44 bits per heavy atom. The third-order valence-corrected chi connectivity index (χ3v) is 3.45. The van der Waals surface area contributed by atoms with Crippen molar-refractivity contribution in [3.05, 3.63) is 29.8 Å². The van der Waals surface area contributed by atoms with Crippen molar-refractivity contribution in [2.24, 2.45) is 0 Å². The SMILES string of the molecule is COc1ccccc1C1(CO)CCCNC1. The molecule has 0 amide bonds. The number of benzene rings is 1. The molecule has 1 aromatic rings. The average Bonchev–Trinajstić information content (AvgIpc) is 2.39. The van der Waals surface area contributed by atoms with E-state index in [1.165, 1.54) is 0 Å². The van der Waals surface area contributed by atoms with E-state index in [-0.39, 0.29) is 12.0 Å². The van der Waals surface area contributed by atoms with Crippen molar-refractivity contribution in [1.82, 2.24) is 5.32 Å². The lowest BCUT2D eigenvalue weighted by atomic mass is 9.75. The van der Waals surface area contributed by atoms with Crippen LogP contribution in [0.2, 0.25) is 0 Å². The Labute approximate surface area is 96.4 Å². The van der Waals surface area contributed by atoms with E-state index >= 15 is 0 Å². The minimum Gasteiger partial charge on any atom is -0.496 e. The lowest BCUT2D eigenvalue weighted by molar-refractivity contribution is 0.159. The number of aliphatic hydroxyl groups is 1. The van der Waals surface area contributed by atoms with E-state index in [1.807, 2.05) is 18.2 Å². The first-order chi connectivity index (χ1) is 7.82. The first kappa shape index (κ1) is 11.4. The van der Waals surface area contributed by atoms with Gasteiger partial charge in [0, 0.05) is 17.5 Å². The van der Waals surface area contributed by atoms with Gasteiger partial charge in [0.05, 0.1) is 13.7 Å². The summed E-state index contributed by atoms with van der Waals surface area (Å²) in [4.78, 5) is 0. The number of hydrogen-bond donors (Lipinski definition) is 2. The number of piperidine rings is 1. The Morgan fingerprint density at radius 3 is 2.88 bits per heavy atom. The first-order valence-corrected chi connectivity index (χ1v) is 5.77. The second kappa shape index (κ2) is 4.85. The molecule has 1 aromatic carbocycles. The average molecular weight is 221 g/mol. The van der Waals surface area contributed by atoms with Gasteiger partial charge >= 0.3 is 0 Å². The smallest absolute Gasteiger partial charge is 0.122 e. The maximum atomic E-state index is 9.72. The zero-order valence-electron chi connectivity index (χ0n) is 9.70. The largest absolute Gasteiger partial charge is 0.496 e. The molecule has 1 aliphatic rings. The molecule has 2 rings (SSSR count). The van der Waals surface area contributed by atoms with Gasteiger partial charge in [0.1, 0.15) is 5.75 Å².